The van der Waals surface area contributed by atoms with E-state index in [4.69, 9.17) is 0 Å². The molecule has 0 spiro atoms. The number of para-hydroxylation sites is 2. The van der Waals surface area contributed by atoms with Gasteiger partial charge in [-0.15, -0.1) is 10.2 Å². The van der Waals surface area contributed by atoms with Crippen LogP contribution in [0.15, 0.2) is 96.2 Å². The number of thioether (sulfide) groups is 1. The topological polar surface area (TPSA) is 59.8 Å². The predicted molar refractivity (Wildman–Crippen MR) is 126 cm³/mol. The van der Waals surface area contributed by atoms with Gasteiger partial charge in [-0.1, -0.05) is 85.4 Å². The first kappa shape index (κ1) is 20.9. The molecule has 0 radical (unpaired) electrons. The Bertz CT molecular complexity index is 1110. The van der Waals surface area contributed by atoms with E-state index >= 15 is 0 Å². The molecule has 3 aromatic carbocycles. The van der Waals surface area contributed by atoms with Crippen molar-refractivity contribution in [2.45, 2.75) is 30.2 Å². The van der Waals surface area contributed by atoms with Gasteiger partial charge in [0.15, 0.2) is 5.16 Å². The van der Waals surface area contributed by atoms with Gasteiger partial charge in [0.05, 0.1) is 5.25 Å². The quantitative estimate of drug-likeness (QED) is 0.384. The Kier molecular flexibility index (Phi) is 6.79. The number of carbonyl (C=O) groups excluding carboxylic acids is 1. The van der Waals surface area contributed by atoms with Gasteiger partial charge in [-0.25, -0.2) is 0 Å². The molecule has 0 saturated heterocycles. The average Bonchev–Trinajstić information content (AvgIpc) is 3.21. The number of aromatic nitrogens is 3. The Balaban J connectivity index is 1.61. The Morgan fingerprint density at radius 3 is 2.16 bits per heavy atom. The van der Waals surface area contributed by atoms with Crippen molar-refractivity contribution in [3.63, 3.8) is 0 Å². The summed E-state index contributed by atoms with van der Waals surface area (Å²) in [5.41, 5.74) is 2.94. The molecule has 0 bridgehead atoms. The summed E-state index contributed by atoms with van der Waals surface area (Å²) in [6.07, 6.45) is 1.34. The number of amides is 1. The first-order chi connectivity index (χ1) is 15.2. The van der Waals surface area contributed by atoms with Crippen molar-refractivity contribution in [3.05, 3.63) is 102 Å². The van der Waals surface area contributed by atoms with E-state index in [9.17, 15) is 4.79 Å². The minimum atomic E-state index is -0.281. The minimum absolute atomic E-state index is 0.0362. The molecular formula is C25H24N4OS. The maximum absolute atomic E-state index is 12.9. The van der Waals surface area contributed by atoms with Crippen molar-refractivity contribution in [1.29, 1.82) is 0 Å². The van der Waals surface area contributed by atoms with Crippen molar-refractivity contribution in [2.24, 2.45) is 0 Å². The standard InChI is InChI=1S/C25H24N4OS/c1-2-22(24(30)26-20-14-8-4-9-15-20)31-25-28-27-23(18-19-12-6-3-7-13-19)29(25)21-16-10-5-11-17-21/h3-17,22H,2,18H2,1H3,(H,26,30). The van der Waals surface area contributed by atoms with E-state index in [0.717, 1.165) is 22.8 Å². The highest BCUT2D eigenvalue weighted by Gasteiger charge is 2.23. The minimum Gasteiger partial charge on any atom is -0.325 e. The molecule has 1 unspecified atom stereocenters. The maximum atomic E-state index is 12.9. The van der Waals surface area contributed by atoms with Crippen LogP contribution >= 0.6 is 11.8 Å². The number of carbonyl (C=O) groups is 1. The van der Waals surface area contributed by atoms with Gasteiger partial charge in [0, 0.05) is 17.8 Å². The first-order valence-corrected chi connectivity index (χ1v) is 11.2. The number of benzene rings is 3. The Morgan fingerprint density at radius 2 is 1.52 bits per heavy atom. The third-order valence-electron chi connectivity index (χ3n) is 4.87. The lowest BCUT2D eigenvalue weighted by atomic mass is 10.1. The third kappa shape index (κ3) is 5.22. The lowest BCUT2D eigenvalue weighted by Crippen LogP contribution is -2.25. The molecular weight excluding hydrogens is 404 g/mol. The molecule has 5 nitrogen and oxygen atoms in total. The van der Waals surface area contributed by atoms with Crippen molar-refractivity contribution >= 4 is 23.4 Å². The fraction of sp³-hybridized carbons (Fsp3) is 0.160. The molecule has 4 aromatic rings. The van der Waals surface area contributed by atoms with Crippen LogP contribution in [0.2, 0.25) is 0 Å². The van der Waals surface area contributed by atoms with Gasteiger partial charge >= 0.3 is 0 Å². The molecule has 1 atom stereocenters. The monoisotopic (exact) mass is 428 g/mol. The van der Waals surface area contributed by atoms with E-state index in [2.05, 4.69) is 32.2 Å². The smallest absolute Gasteiger partial charge is 0.237 e. The molecule has 0 aliphatic heterocycles. The van der Waals surface area contributed by atoms with Crippen LogP contribution in [0.25, 0.3) is 5.69 Å². The van der Waals surface area contributed by atoms with E-state index in [1.165, 1.54) is 11.8 Å². The van der Waals surface area contributed by atoms with E-state index in [1.807, 2.05) is 85.8 Å². The highest BCUT2D eigenvalue weighted by Crippen LogP contribution is 2.29. The van der Waals surface area contributed by atoms with E-state index in [-0.39, 0.29) is 11.2 Å². The highest BCUT2D eigenvalue weighted by atomic mass is 32.2. The number of hydrogen-bond donors (Lipinski definition) is 1. The molecule has 1 amide bonds. The van der Waals surface area contributed by atoms with Crippen LogP contribution in [-0.2, 0) is 11.2 Å². The summed E-state index contributed by atoms with van der Waals surface area (Å²) in [6.45, 7) is 2.01. The van der Waals surface area contributed by atoms with Crippen LogP contribution in [0.3, 0.4) is 0 Å². The molecule has 0 aliphatic carbocycles. The van der Waals surface area contributed by atoms with Crippen LogP contribution < -0.4 is 5.32 Å². The number of rotatable bonds is 8. The summed E-state index contributed by atoms with van der Waals surface area (Å²) in [4.78, 5) is 12.9. The molecule has 1 N–H and O–H groups in total. The van der Waals surface area contributed by atoms with Crippen molar-refractivity contribution < 1.29 is 4.79 Å². The summed E-state index contributed by atoms with van der Waals surface area (Å²) in [5.74, 6) is 0.809. The second-order valence-electron chi connectivity index (χ2n) is 7.10. The average molecular weight is 429 g/mol. The molecule has 31 heavy (non-hydrogen) atoms. The summed E-state index contributed by atoms with van der Waals surface area (Å²) in [6, 6.07) is 29.8. The van der Waals surface area contributed by atoms with Crippen LogP contribution in [0.1, 0.15) is 24.7 Å². The van der Waals surface area contributed by atoms with Gasteiger partial charge in [-0.3, -0.25) is 9.36 Å². The van der Waals surface area contributed by atoms with Crippen molar-refractivity contribution in [3.8, 4) is 5.69 Å². The van der Waals surface area contributed by atoms with E-state index < -0.39 is 0 Å². The van der Waals surface area contributed by atoms with Crippen LogP contribution in [0, 0.1) is 0 Å². The predicted octanol–water partition coefficient (Wildman–Crippen LogP) is 5.37. The second-order valence-corrected chi connectivity index (χ2v) is 8.27. The van der Waals surface area contributed by atoms with E-state index in [1.54, 1.807) is 0 Å². The van der Waals surface area contributed by atoms with Crippen molar-refractivity contribution in [2.75, 3.05) is 5.32 Å². The normalized spacial score (nSPS) is 11.8. The lowest BCUT2D eigenvalue weighted by molar-refractivity contribution is -0.115. The van der Waals surface area contributed by atoms with Crippen LogP contribution in [0.5, 0.6) is 0 Å². The molecule has 6 heteroatoms. The summed E-state index contributed by atoms with van der Waals surface area (Å²) in [7, 11) is 0. The van der Waals surface area contributed by atoms with E-state index in [0.29, 0.717) is 18.0 Å². The third-order valence-corrected chi connectivity index (χ3v) is 6.18. The van der Waals surface area contributed by atoms with Gasteiger partial charge < -0.3 is 5.32 Å². The zero-order chi connectivity index (χ0) is 21.5. The van der Waals surface area contributed by atoms with Crippen molar-refractivity contribution in [1.82, 2.24) is 14.8 Å². The Hall–Kier alpha value is -3.38. The van der Waals surface area contributed by atoms with Gasteiger partial charge in [0.1, 0.15) is 5.82 Å². The Morgan fingerprint density at radius 1 is 0.903 bits per heavy atom. The molecule has 0 saturated carbocycles. The molecule has 4 rings (SSSR count). The number of anilines is 1. The zero-order valence-corrected chi connectivity index (χ0v) is 18.1. The molecule has 1 heterocycles. The Labute approximate surface area is 186 Å². The SMILES string of the molecule is CCC(Sc1nnc(Cc2ccccc2)n1-c1ccccc1)C(=O)Nc1ccccc1. The lowest BCUT2D eigenvalue weighted by Gasteiger charge is -2.16. The van der Waals surface area contributed by atoms with Gasteiger partial charge in [0.2, 0.25) is 5.91 Å². The second kappa shape index (κ2) is 10.1. The fourth-order valence-electron chi connectivity index (χ4n) is 3.30. The summed E-state index contributed by atoms with van der Waals surface area (Å²) in [5, 5.41) is 12.4. The zero-order valence-electron chi connectivity index (χ0n) is 17.3. The number of nitrogens with zero attached hydrogens (tertiary/aromatic N) is 3. The molecule has 0 fully saturated rings. The maximum Gasteiger partial charge on any atom is 0.237 e. The van der Waals surface area contributed by atoms with Crippen LogP contribution in [0.4, 0.5) is 5.69 Å². The summed E-state index contributed by atoms with van der Waals surface area (Å²) < 4.78 is 2.05. The first-order valence-electron chi connectivity index (χ1n) is 10.3. The van der Waals surface area contributed by atoms with Gasteiger partial charge in [-0.2, -0.15) is 0 Å². The fourth-order valence-corrected chi connectivity index (χ4v) is 4.29. The largest absolute Gasteiger partial charge is 0.325 e. The number of nitrogens with one attached hydrogen (secondary N) is 1. The molecule has 156 valence electrons. The van der Waals surface area contributed by atoms with Gasteiger partial charge in [0.25, 0.3) is 0 Å². The van der Waals surface area contributed by atoms with Crippen LogP contribution in [-0.4, -0.2) is 25.9 Å². The molecule has 0 aliphatic rings. The van der Waals surface area contributed by atoms with Gasteiger partial charge in [-0.05, 0) is 36.2 Å². The number of hydrogen-bond acceptors (Lipinski definition) is 4. The summed E-state index contributed by atoms with van der Waals surface area (Å²) >= 11 is 1.45. The molecule has 1 aromatic heterocycles. The highest BCUT2D eigenvalue weighted by molar-refractivity contribution is 8.00.